The molecule has 1 N–H and O–H groups in total. The van der Waals surface area contributed by atoms with E-state index in [1.165, 1.54) is 5.56 Å². The van der Waals surface area contributed by atoms with Gasteiger partial charge in [0.15, 0.2) is 0 Å². The van der Waals surface area contributed by atoms with Gasteiger partial charge in [-0.15, -0.1) is 0 Å². The Bertz CT molecular complexity index is 493. The molecule has 108 valence electrons. The normalized spacial score (nSPS) is 12.3. The summed E-state index contributed by atoms with van der Waals surface area (Å²) in [5.41, 5.74) is 1.25. The van der Waals surface area contributed by atoms with Crippen LogP contribution in [-0.2, 0) is 12.8 Å². The van der Waals surface area contributed by atoms with Crippen LogP contribution in [0.4, 0.5) is 0 Å². The molecule has 2 aromatic rings. The molecule has 0 bridgehead atoms. The molecule has 0 spiro atoms. The third kappa shape index (κ3) is 4.14. The van der Waals surface area contributed by atoms with E-state index < -0.39 is 0 Å². The first-order valence-corrected chi connectivity index (χ1v) is 7.21. The van der Waals surface area contributed by atoms with Crippen molar-refractivity contribution in [2.45, 2.75) is 32.2 Å². The van der Waals surface area contributed by atoms with Crippen molar-refractivity contribution < 1.29 is 9.15 Å². The fraction of sp³-hybridized carbons (Fsp3) is 0.412. The molecular formula is C17H23NO2. The summed E-state index contributed by atoms with van der Waals surface area (Å²) >= 11 is 0. The van der Waals surface area contributed by atoms with Crippen LogP contribution >= 0.6 is 0 Å². The maximum atomic E-state index is 5.43. The Hall–Kier alpha value is -1.74. The smallest absolute Gasteiger partial charge is 0.122 e. The van der Waals surface area contributed by atoms with Gasteiger partial charge in [-0.25, -0.2) is 0 Å². The first kappa shape index (κ1) is 14.7. The quantitative estimate of drug-likeness (QED) is 0.800. The van der Waals surface area contributed by atoms with Gasteiger partial charge in [0.25, 0.3) is 0 Å². The van der Waals surface area contributed by atoms with Gasteiger partial charge in [-0.05, 0) is 43.1 Å². The van der Waals surface area contributed by atoms with Crippen LogP contribution in [-0.4, -0.2) is 19.7 Å². The predicted octanol–water partition coefficient (Wildman–Crippen LogP) is 3.44. The van der Waals surface area contributed by atoms with E-state index >= 15 is 0 Å². The third-order valence-electron chi connectivity index (χ3n) is 3.47. The number of benzene rings is 1. The lowest BCUT2D eigenvalue weighted by Crippen LogP contribution is -2.31. The monoisotopic (exact) mass is 273 g/mol. The molecule has 0 saturated carbocycles. The standard InChI is InChI=1S/C17H23NO2/c1-3-18-15(10-11-16-8-6-12-20-16)13-14-7-4-5-9-17(14)19-2/h4-9,12,15,18H,3,10-11,13H2,1-2H3. The van der Waals surface area contributed by atoms with E-state index in [0.29, 0.717) is 6.04 Å². The Morgan fingerprint density at radius 1 is 1.20 bits per heavy atom. The number of para-hydroxylation sites is 1. The van der Waals surface area contributed by atoms with Crippen molar-refractivity contribution in [3.63, 3.8) is 0 Å². The van der Waals surface area contributed by atoms with Gasteiger partial charge < -0.3 is 14.5 Å². The lowest BCUT2D eigenvalue weighted by Gasteiger charge is -2.19. The topological polar surface area (TPSA) is 34.4 Å². The molecule has 0 fully saturated rings. The van der Waals surface area contributed by atoms with E-state index in [1.54, 1.807) is 13.4 Å². The van der Waals surface area contributed by atoms with Crippen LogP contribution in [0.2, 0.25) is 0 Å². The van der Waals surface area contributed by atoms with Gasteiger partial charge in [0.1, 0.15) is 11.5 Å². The number of aryl methyl sites for hydroxylation is 1. The minimum atomic E-state index is 0.432. The molecule has 1 atom stereocenters. The number of methoxy groups -OCH3 is 1. The first-order valence-electron chi connectivity index (χ1n) is 7.21. The van der Waals surface area contributed by atoms with Crippen molar-refractivity contribution in [3.05, 3.63) is 54.0 Å². The number of furan rings is 1. The Kier molecular flexibility index (Phi) is 5.69. The van der Waals surface area contributed by atoms with Gasteiger partial charge in [-0.3, -0.25) is 0 Å². The molecule has 1 aromatic heterocycles. The molecule has 0 saturated heterocycles. The number of nitrogens with one attached hydrogen (secondary N) is 1. The van der Waals surface area contributed by atoms with Crippen molar-refractivity contribution in [3.8, 4) is 5.75 Å². The second kappa shape index (κ2) is 7.75. The summed E-state index contributed by atoms with van der Waals surface area (Å²) in [5.74, 6) is 2.02. The Labute approximate surface area is 121 Å². The van der Waals surface area contributed by atoms with Gasteiger partial charge >= 0.3 is 0 Å². The maximum absolute atomic E-state index is 5.43. The summed E-state index contributed by atoms with van der Waals surface area (Å²) in [7, 11) is 1.73. The molecule has 2 rings (SSSR count). The highest BCUT2D eigenvalue weighted by Crippen LogP contribution is 2.20. The second-order valence-electron chi connectivity index (χ2n) is 4.89. The van der Waals surface area contributed by atoms with Crippen molar-refractivity contribution in [1.29, 1.82) is 0 Å². The molecule has 0 amide bonds. The molecule has 0 aliphatic heterocycles. The molecule has 20 heavy (non-hydrogen) atoms. The van der Waals surface area contributed by atoms with Crippen molar-refractivity contribution in [2.75, 3.05) is 13.7 Å². The average Bonchev–Trinajstić information content (AvgIpc) is 2.99. The zero-order valence-corrected chi connectivity index (χ0v) is 12.3. The fourth-order valence-corrected chi connectivity index (χ4v) is 2.47. The zero-order chi connectivity index (χ0) is 14.2. The number of hydrogen-bond acceptors (Lipinski definition) is 3. The van der Waals surface area contributed by atoms with Gasteiger partial charge in [0.05, 0.1) is 13.4 Å². The summed E-state index contributed by atoms with van der Waals surface area (Å²) in [6.45, 7) is 3.11. The van der Waals surface area contributed by atoms with E-state index in [4.69, 9.17) is 9.15 Å². The Morgan fingerprint density at radius 3 is 2.75 bits per heavy atom. The van der Waals surface area contributed by atoms with E-state index in [9.17, 15) is 0 Å². The zero-order valence-electron chi connectivity index (χ0n) is 12.3. The summed E-state index contributed by atoms with van der Waals surface area (Å²) < 4.78 is 10.8. The van der Waals surface area contributed by atoms with E-state index in [1.807, 2.05) is 24.3 Å². The van der Waals surface area contributed by atoms with E-state index in [-0.39, 0.29) is 0 Å². The highest BCUT2D eigenvalue weighted by atomic mass is 16.5. The number of ether oxygens (including phenoxy) is 1. The fourth-order valence-electron chi connectivity index (χ4n) is 2.47. The molecule has 3 nitrogen and oxygen atoms in total. The largest absolute Gasteiger partial charge is 0.496 e. The summed E-state index contributed by atoms with van der Waals surface area (Å²) in [5, 5.41) is 3.55. The predicted molar refractivity (Wildman–Crippen MR) is 81.2 cm³/mol. The number of likely N-dealkylation sites (N-methyl/N-ethyl adjacent to an activating group) is 1. The minimum Gasteiger partial charge on any atom is -0.496 e. The Balaban J connectivity index is 1.97. The molecule has 1 unspecified atom stereocenters. The van der Waals surface area contributed by atoms with Gasteiger partial charge in [0.2, 0.25) is 0 Å². The molecule has 0 radical (unpaired) electrons. The molecule has 0 aliphatic rings. The Morgan fingerprint density at radius 2 is 2.05 bits per heavy atom. The van der Waals surface area contributed by atoms with Gasteiger partial charge in [-0.2, -0.15) is 0 Å². The highest BCUT2D eigenvalue weighted by molar-refractivity contribution is 5.33. The maximum Gasteiger partial charge on any atom is 0.122 e. The van der Waals surface area contributed by atoms with Crippen LogP contribution in [0.1, 0.15) is 24.7 Å². The average molecular weight is 273 g/mol. The van der Waals surface area contributed by atoms with Crippen LogP contribution in [0, 0.1) is 0 Å². The summed E-state index contributed by atoms with van der Waals surface area (Å²) in [4.78, 5) is 0. The van der Waals surface area contributed by atoms with E-state index in [0.717, 1.165) is 37.3 Å². The van der Waals surface area contributed by atoms with Crippen molar-refractivity contribution in [1.82, 2.24) is 5.32 Å². The molecule has 1 heterocycles. The number of rotatable bonds is 8. The molecule has 3 heteroatoms. The van der Waals surface area contributed by atoms with Crippen molar-refractivity contribution in [2.24, 2.45) is 0 Å². The molecule has 0 aliphatic carbocycles. The first-order chi connectivity index (χ1) is 9.83. The second-order valence-corrected chi connectivity index (χ2v) is 4.89. The third-order valence-corrected chi connectivity index (χ3v) is 3.47. The van der Waals surface area contributed by atoms with Crippen LogP contribution in [0.5, 0.6) is 5.75 Å². The van der Waals surface area contributed by atoms with Crippen LogP contribution in [0.3, 0.4) is 0 Å². The molecular weight excluding hydrogens is 250 g/mol. The van der Waals surface area contributed by atoms with Gasteiger partial charge in [-0.1, -0.05) is 25.1 Å². The highest BCUT2D eigenvalue weighted by Gasteiger charge is 2.12. The van der Waals surface area contributed by atoms with Crippen LogP contribution in [0.15, 0.2) is 47.1 Å². The van der Waals surface area contributed by atoms with E-state index in [2.05, 4.69) is 24.4 Å². The summed E-state index contributed by atoms with van der Waals surface area (Å²) in [6.07, 6.45) is 4.72. The SMILES string of the molecule is CCNC(CCc1ccco1)Cc1ccccc1OC. The van der Waals surface area contributed by atoms with Crippen molar-refractivity contribution >= 4 is 0 Å². The summed E-state index contributed by atoms with van der Waals surface area (Å²) in [6, 6.07) is 12.6. The molecule has 1 aromatic carbocycles. The lowest BCUT2D eigenvalue weighted by atomic mass is 10.0. The van der Waals surface area contributed by atoms with Gasteiger partial charge in [0, 0.05) is 12.5 Å². The van der Waals surface area contributed by atoms with Crippen LogP contribution < -0.4 is 10.1 Å². The van der Waals surface area contributed by atoms with Crippen LogP contribution in [0.25, 0.3) is 0 Å². The number of hydrogen-bond donors (Lipinski definition) is 1. The minimum absolute atomic E-state index is 0.432. The lowest BCUT2D eigenvalue weighted by molar-refractivity contribution is 0.400.